The molecule has 2 aromatic heterocycles. The van der Waals surface area contributed by atoms with Crippen LogP contribution in [0.2, 0.25) is 0 Å². The number of aromatic nitrogens is 5. The van der Waals surface area contributed by atoms with Gasteiger partial charge in [0, 0.05) is 34.6 Å². The molecule has 0 fully saturated rings. The van der Waals surface area contributed by atoms with E-state index >= 15 is 0 Å². The van der Waals surface area contributed by atoms with Gasteiger partial charge in [-0.3, -0.25) is 4.98 Å². The normalized spacial score (nSPS) is 11.1. The Hall–Kier alpha value is -4.61. The summed E-state index contributed by atoms with van der Waals surface area (Å²) in [7, 11) is 0. The Kier molecular flexibility index (Phi) is 6.06. The summed E-state index contributed by atoms with van der Waals surface area (Å²) in [6.45, 7) is 0. The molecule has 9 nitrogen and oxygen atoms in total. The summed E-state index contributed by atoms with van der Waals surface area (Å²) in [5.74, 6) is 2.20. The third-order valence-electron chi connectivity index (χ3n) is 6.23. The number of hydrogen-bond acceptors (Lipinski definition) is 9. The van der Waals surface area contributed by atoms with Crippen molar-refractivity contribution in [1.29, 1.82) is 0 Å². The van der Waals surface area contributed by atoms with Crippen LogP contribution < -0.4 is 22.1 Å². The van der Waals surface area contributed by atoms with E-state index in [-0.39, 0.29) is 0 Å². The molecule has 188 valence electrons. The van der Waals surface area contributed by atoms with Crippen molar-refractivity contribution in [2.45, 2.75) is 10.1 Å². The predicted octanol–water partition coefficient (Wildman–Crippen LogP) is 6.20. The minimum absolute atomic E-state index is 0.526. The van der Waals surface area contributed by atoms with Gasteiger partial charge in [-0.15, -0.1) is 25.3 Å². The van der Waals surface area contributed by atoms with Crippen LogP contribution in [0.4, 0.5) is 34.6 Å². The van der Waals surface area contributed by atoms with Gasteiger partial charge in [-0.2, -0.15) is 0 Å². The zero-order valence-corrected chi connectivity index (χ0v) is 21.7. The second kappa shape index (κ2) is 9.69. The van der Waals surface area contributed by atoms with Crippen molar-refractivity contribution in [2.75, 3.05) is 22.1 Å². The number of nitrogens with one attached hydrogen (secondary N) is 4. The molecule has 0 bridgehead atoms. The van der Waals surface area contributed by atoms with Gasteiger partial charge in [0.25, 0.3) is 0 Å². The summed E-state index contributed by atoms with van der Waals surface area (Å²) in [6, 6.07) is 19.7. The molecule has 2 aliphatic heterocycles. The first-order chi connectivity index (χ1) is 18.5. The van der Waals surface area contributed by atoms with Crippen LogP contribution in [0.25, 0.3) is 33.4 Å². The van der Waals surface area contributed by atoms with Crippen LogP contribution in [0, 0.1) is 0 Å². The fourth-order valence-corrected chi connectivity index (χ4v) is 5.14. The molecule has 6 rings (SSSR count). The second-order valence-electron chi connectivity index (χ2n) is 8.56. The molecule has 0 radical (unpaired) electrons. The molecule has 0 saturated heterocycles. The van der Waals surface area contributed by atoms with Crippen LogP contribution in [-0.4, -0.2) is 24.9 Å². The van der Waals surface area contributed by atoms with Crippen molar-refractivity contribution in [2.24, 2.45) is 0 Å². The van der Waals surface area contributed by atoms with Gasteiger partial charge in [-0.25, -0.2) is 9.97 Å². The molecular weight excluding hydrogens is 514 g/mol. The predicted molar refractivity (Wildman–Crippen MR) is 159 cm³/mol. The van der Waals surface area contributed by atoms with Crippen molar-refractivity contribution in [3.8, 4) is 33.4 Å². The molecule has 0 unspecified atom stereocenters. The quantitative estimate of drug-likeness (QED) is 0.118. The van der Waals surface area contributed by atoms with E-state index in [2.05, 4.69) is 60.8 Å². The number of H-pyrrole nitrogens is 2. The number of hydrogen-bond donors (Lipinski definition) is 8. The summed E-state index contributed by atoms with van der Waals surface area (Å²) in [6.07, 6.45) is 4.89. The Bertz CT molecular complexity index is 1590. The Morgan fingerprint density at radius 3 is 1.47 bits per heavy atom. The van der Waals surface area contributed by atoms with Gasteiger partial charge in [0.1, 0.15) is 29.6 Å². The summed E-state index contributed by atoms with van der Waals surface area (Å²) >= 11 is 9.22. The van der Waals surface area contributed by atoms with Gasteiger partial charge in [0.2, 0.25) is 0 Å². The fraction of sp³-hybridized carbons (Fsp3) is 0. The molecule has 8 N–H and O–H groups in total. The molecule has 4 aromatic rings. The van der Waals surface area contributed by atoms with Crippen LogP contribution in [0.3, 0.4) is 0 Å². The monoisotopic (exact) mass is 537 g/mol. The number of rotatable bonds is 6. The maximum absolute atomic E-state index is 6.51. The van der Waals surface area contributed by atoms with E-state index in [0.717, 1.165) is 33.4 Å². The van der Waals surface area contributed by atoms with E-state index in [1.54, 1.807) is 12.4 Å². The van der Waals surface area contributed by atoms with Crippen molar-refractivity contribution in [3.05, 3.63) is 79.4 Å². The van der Waals surface area contributed by atoms with E-state index < -0.39 is 0 Å². The lowest BCUT2D eigenvalue weighted by atomic mass is 10.1. The van der Waals surface area contributed by atoms with E-state index in [9.17, 15) is 0 Å². The number of aromatic amines is 2. The molecule has 0 aliphatic carbocycles. The number of anilines is 6. The number of nitrogens with zero attached hydrogens (tertiary/aromatic N) is 3. The molecule has 0 spiro atoms. The number of fused-ring (bicyclic) bond motifs is 1. The second-order valence-corrected chi connectivity index (χ2v) is 9.46. The highest BCUT2D eigenvalue weighted by Crippen LogP contribution is 2.42. The van der Waals surface area contributed by atoms with E-state index in [4.69, 9.17) is 11.5 Å². The number of thiol groups is 2. The smallest absolute Gasteiger partial charge is 0.143 e. The minimum Gasteiger partial charge on any atom is -0.395 e. The van der Waals surface area contributed by atoms with Gasteiger partial charge in [0.15, 0.2) is 0 Å². The number of nitrogens with two attached hydrogens (primary N) is 2. The highest BCUT2D eigenvalue weighted by atomic mass is 32.1. The van der Waals surface area contributed by atoms with E-state index in [1.165, 1.54) is 6.33 Å². The van der Waals surface area contributed by atoms with Gasteiger partial charge in [-0.05, 0) is 11.1 Å². The van der Waals surface area contributed by atoms with Crippen LogP contribution in [0.5, 0.6) is 0 Å². The third kappa shape index (κ3) is 4.17. The number of benzene rings is 2. The molecule has 0 amide bonds. The van der Waals surface area contributed by atoms with Crippen LogP contribution in [0.15, 0.2) is 89.4 Å². The molecule has 11 heteroatoms. The van der Waals surface area contributed by atoms with Crippen LogP contribution in [-0.2, 0) is 0 Å². The van der Waals surface area contributed by atoms with Crippen molar-refractivity contribution in [3.63, 3.8) is 0 Å². The van der Waals surface area contributed by atoms with Crippen molar-refractivity contribution >= 4 is 59.9 Å². The van der Waals surface area contributed by atoms with Crippen molar-refractivity contribution in [1.82, 2.24) is 24.9 Å². The lowest BCUT2D eigenvalue weighted by Crippen LogP contribution is -1.99. The van der Waals surface area contributed by atoms with Gasteiger partial charge in [0.05, 0.1) is 21.4 Å². The summed E-state index contributed by atoms with van der Waals surface area (Å²) in [5, 5.41) is 7.89. The lowest BCUT2D eigenvalue weighted by Gasteiger charge is -2.09. The maximum Gasteiger partial charge on any atom is 0.143 e. The first-order valence-electron chi connectivity index (χ1n) is 11.7. The summed E-state index contributed by atoms with van der Waals surface area (Å²) in [4.78, 5) is 19.8. The van der Waals surface area contributed by atoms with Gasteiger partial charge < -0.3 is 32.1 Å². The zero-order valence-electron chi connectivity index (χ0n) is 19.9. The molecular formula is C27H23N9S2. The van der Waals surface area contributed by atoms with Crippen LogP contribution in [0.1, 0.15) is 0 Å². The molecule has 0 saturated carbocycles. The van der Waals surface area contributed by atoms with Crippen molar-refractivity contribution < 1.29 is 0 Å². The molecule has 38 heavy (non-hydrogen) atoms. The van der Waals surface area contributed by atoms with Gasteiger partial charge in [-0.1, -0.05) is 60.7 Å². The standard InChI is InChI=1S/C27H23N9S2/c28-20-18(14-7-3-1-4-8-14)26(37)35-24(20)33-22-16-11-30-12-17(16)23(32-13-31-22)34-25-21(29)19(27(38)36-25)15-9-5-2-6-10-15/h1-13,35-38H,28-29H2,(H2,31,32,33,34). The lowest BCUT2D eigenvalue weighted by molar-refractivity contribution is 1.17. The highest BCUT2D eigenvalue weighted by molar-refractivity contribution is 7.80. The molecule has 4 heterocycles. The topological polar surface area (TPSA) is 146 Å². The maximum atomic E-state index is 6.51. The third-order valence-corrected chi connectivity index (χ3v) is 6.90. The Morgan fingerprint density at radius 2 is 1.05 bits per heavy atom. The van der Waals surface area contributed by atoms with E-state index in [0.29, 0.717) is 44.7 Å². The zero-order chi connectivity index (χ0) is 26.2. The van der Waals surface area contributed by atoms with Crippen LogP contribution >= 0.6 is 25.3 Å². The first kappa shape index (κ1) is 23.8. The summed E-state index contributed by atoms with van der Waals surface area (Å²) < 4.78 is 0. The molecule has 2 aliphatic rings. The molecule has 2 aromatic carbocycles. The Balaban J connectivity index is 1.33. The van der Waals surface area contributed by atoms with E-state index in [1.807, 2.05) is 60.7 Å². The summed E-state index contributed by atoms with van der Waals surface area (Å²) in [5.41, 5.74) is 19.1. The molecule has 0 atom stereocenters. The average Bonchev–Trinajstić information content (AvgIpc) is 3.56. The average molecular weight is 538 g/mol. The Labute approximate surface area is 229 Å². The number of nitrogen functional groups attached to an aromatic ring is 2. The van der Waals surface area contributed by atoms with Gasteiger partial charge >= 0.3 is 0 Å². The SMILES string of the molecule is Nc1c(Nc2ncnc(Nc3[nH]c(S)c(-c4ccccc4)c3N)c3cncc2-3)[nH]c(S)c1-c1ccccc1. The fourth-order valence-electron chi connectivity index (χ4n) is 4.42. The highest BCUT2D eigenvalue weighted by Gasteiger charge is 2.21. The minimum atomic E-state index is 0.526. The largest absolute Gasteiger partial charge is 0.395 e. The first-order valence-corrected chi connectivity index (χ1v) is 12.5. The Morgan fingerprint density at radius 1 is 0.632 bits per heavy atom.